The number of rotatable bonds is 4. The minimum Gasteiger partial charge on any atom is -0.322 e. The van der Waals surface area contributed by atoms with E-state index < -0.39 is 10.8 Å². The van der Waals surface area contributed by atoms with Gasteiger partial charge in [-0.05, 0) is 36.6 Å². The number of nitro benzene ring substituents is 1. The predicted octanol–water partition coefficient (Wildman–Crippen LogP) is 2.74. The first-order valence-corrected chi connectivity index (χ1v) is 8.06. The molecule has 8 nitrogen and oxygen atoms in total. The summed E-state index contributed by atoms with van der Waals surface area (Å²) < 4.78 is 0. The maximum Gasteiger partial charge on any atom is 0.323 e. The van der Waals surface area contributed by atoms with Gasteiger partial charge in [0.25, 0.3) is 11.6 Å². The van der Waals surface area contributed by atoms with Crippen LogP contribution in [0.25, 0.3) is 11.0 Å². The van der Waals surface area contributed by atoms with Crippen LogP contribution in [0.5, 0.6) is 0 Å². The predicted molar refractivity (Wildman–Crippen MR) is 91.8 cm³/mol. The minimum absolute atomic E-state index is 0.111. The maximum atomic E-state index is 12.3. The Labute approximate surface area is 139 Å². The van der Waals surface area contributed by atoms with Gasteiger partial charge in [0.1, 0.15) is 0 Å². The van der Waals surface area contributed by atoms with Crippen molar-refractivity contribution in [1.29, 1.82) is 0 Å². The van der Waals surface area contributed by atoms with Gasteiger partial charge in [-0.3, -0.25) is 14.9 Å². The zero-order valence-corrected chi connectivity index (χ0v) is 13.3. The van der Waals surface area contributed by atoms with E-state index in [-0.39, 0.29) is 16.9 Å². The number of fused-ring (bicyclic) bond motifs is 1. The third-order valence-corrected chi connectivity index (χ3v) is 4.20. The molecule has 9 heteroatoms. The fraction of sp³-hybridized carbons (Fsp3) is 0.0667. The molecule has 0 unspecified atom stereocenters. The number of hydrogen-bond donors (Lipinski definition) is 3. The van der Waals surface area contributed by atoms with Gasteiger partial charge in [0.2, 0.25) is 0 Å². The first kappa shape index (κ1) is 15.8. The highest BCUT2D eigenvalue weighted by molar-refractivity contribution is 7.98. The van der Waals surface area contributed by atoms with E-state index in [0.29, 0.717) is 21.6 Å². The number of aromatic nitrogens is 2. The summed E-state index contributed by atoms with van der Waals surface area (Å²) in [4.78, 5) is 39.8. The van der Waals surface area contributed by atoms with E-state index in [0.717, 1.165) is 0 Å². The highest BCUT2D eigenvalue weighted by atomic mass is 32.2. The van der Waals surface area contributed by atoms with Gasteiger partial charge in [-0.1, -0.05) is 0 Å². The molecule has 122 valence electrons. The zero-order chi connectivity index (χ0) is 17.3. The summed E-state index contributed by atoms with van der Waals surface area (Å²) in [6, 6.07) is 9.22. The number of carbonyl (C=O) groups excluding carboxylic acids is 1. The molecule has 2 aromatic carbocycles. The monoisotopic (exact) mass is 344 g/mol. The van der Waals surface area contributed by atoms with Crippen molar-refractivity contribution in [2.24, 2.45) is 0 Å². The molecular weight excluding hydrogens is 332 g/mol. The van der Waals surface area contributed by atoms with Crippen molar-refractivity contribution in [3.05, 3.63) is 62.6 Å². The van der Waals surface area contributed by atoms with Crippen molar-refractivity contribution in [2.45, 2.75) is 4.90 Å². The third kappa shape index (κ3) is 3.01. The molecule has 0 bridgehead atoms. The van der Waals surface area contributed by atoms with Gasteiger partial charge < -0.3 is 15.3 Å². The lowest BCUT2D eigenvalue weighted by atomic mass is 10.2. The van der Waals surface area contributed by atoms with Crippen LogP contribution in [0.4, 0.5) is 11.4 Å². The van der Waals surface area contributed by atoms with Gasteiger partial charge in [-0.2, -0.15) is 0 Å². The molecule has 1 amide bonds. The van der Waals surface area contributed by atoms with Crippen molar-refractivity contribution in [1.82, 2.24) is 9.97 Å². The molecule has 0 spiro atoms. The fourth-order valence-corrected chi connectivity index (χ4v) is 2.83. The van der Waals surface area contributed by atoms with E-state index in [1.54, 1.807) is 30.5 Å². The number of nitrogens with zero attached hydrogens (tertiary/aromatic N) is 1. The number of thioether (sulfide) groups is 1. The second kappa shape index (κ2) is 6.20. The Hall–Kier alpha value is -3.07. The summed E-state index contributed by atoms with van der Waals surface area (Å²) in [6.07, 6.45) is 1.73. The number of hydrogen-bond acceptors (Lipinski definition) is 5. The molecule has 1 heterocycles. The summed E-state index contributed by atoms with van der Waals surface area (Å²) in [5, 5.41) is 13.7. The van der Waals surface area contributed by atoms with Crippen LogP contribution in [0.3, 0.4) is 0 Å². The molecule has 1 aromatic heterocycles. The van der Waals surface area contributed by atoms with Crippen LogP contribution in [-0.4, -0.2) is 27.1 Å². The van der Waals surface area contributed by atoms with Gasteiger partial charge >= 0.3 is 5.69 Å². The van der Waals surface area contributed by atoms with E-state index in [4.69, 9.17) is 0 Å². The molecule has 0 atom stereocenters. The Bertz CT molecular complexity index is 1010. The number of anilines is 1. The summed E-state index contributed by atoms with van der Waals surface area (Å²) >= 11 is 1.24. The van der Waals surface area contributed by atoms with Crippen molar-refractivity contribution in [3.8, 4) is 0 Å². The number of benzene rings is 2. The smallest absolute Gasteiger partial charge is 0.322 e. The Morgan fingerprint density at radius 2 is 1.92 bits per heavy atom. The normalized spacial score (nSPS) is 10.7. The van der Waals surface area contributed by atoms with Crippen molar-refractivity contribution in [3.63, 3.8) is 0 Å². The molecule has 3 aromatic rings. The van der Waals surface area contributed by atoms with Crippen LogP contribution in [-0.2, 0) is 0 Å². The molecule has 3 N–H and O–H groups in total. The summed E-state index contributed by atoms with van der Waals surface area (Å²) in [6.45, 7) is 0. The highest BCUT2D eigenvalue weighted by Gasteiger charge is 2.17. The summed E-state index contributed by atoms with van der Waals surface area (Å²) in [7, 11) is 0. The Morgan fingerprint density at radius 1 is 1.17 bits per heavy atom. The molecule has 0 aliphatic rings. The average molecular weight is 344 g/mol. The molecule has 0 saturated heterocycles. The van der Waals surface area contributed by atoms with Crippen LogP contribution < -0.4 is 11.0 Å². The van der Waals surface area contributed by atoms with Crippen LogP contribution in [0, 0.1) is 10.1 Å². The molecule has 0 radical (unpaired) electrons. The SMILES string of the molecule is CSc1ccc(C(=O)Nc2ccc3[nH]c(=O)[nH]c3c2)cc1[N+](=O)[O-]. The summed E-state index contributed by atoms with van der Waals surface area (Å²) in [5.74, 6) is -0.469. The van der Waals surface area contributed by atoms with Gasteiger partial charge in [0.15, 0.2) is 0 Å². The number of nitrogens with one attached hydrogen (secondary N) is 3. The largest absolute Gasteiger partial charge is 0.323 e. The topological polar surface area (TPSA) is 121 Å². The van der Waals surface area contributed by atoms with E-state index in [9.17, 15) is 19.7 Å². The number of imidazole rings is 1. The lowest BCUT2D eigenvalue weighted by molar-refractivity contribution is -0.387. The van der Waals surface area contributed by atoms with Crippen molar-refractivity contribution in [2.75, 3.05) is 11.6 Å². The van der Waals surface area contributed by atoms with Crippen LogP contribution in [0.1, 0.15) is 10.4 Å². The molecular formula is C15H12N4O4S. The van der Waals surface area contributed by atoms with E-state index in [2.05, 4.69) is 15.3 Å². The minimum atomic E-state index is -0.515. The zero-order valence-electron chi connectivity index (χ0n) is 12.5. The fourth-order valence-electron chi connectivity index (χ4n) is 2.29. The first-order valence-electron chi connectivity index (χ1n) is 6.84. The highest BCUT2D eigenvalue weighted by Crippen LogP contribution is 2.28. The van der Waals surface area contributed by atoms with E-state index in [1.807, 2.05) is 0 Å². The lowest BCUT2D eigenvalue weighted by Gasteiger charge is -2.06. The second-order valence-corrected chi connectivity index (χ2v) is 5.79. The molecule has 0 saturated carbocycles. The molecule has 0 aliphatic heterocycles. The lowest BCUT2D eigenvalue weighted by Crippen LogP contribution is -2.12. The average Bonchev–Trinajstić information content (AvgIpc) is 2.93. The third-order valence-electron chi connectivity index (χ3n) is 3.41. The van der Waals surface area contributed by atoms with Gasteiger partial charge in [0, 0.05) is 17.3 Å². The van der Waals surface area contributed by atoms with Crippen LogP contribution in [0.2, 0.25) is 0 Å². The maximum absolute atomic E-state index is 12.3. The van der Waals surface area contributed by atoms with Crippen LogP contribution in [0.15, 0.2) is 46.1 Å². The van der Waals surface area contributed by atoms with E-state index >= 15 is 0 Å². The molecule has 0 fully saturated rings. The van der Waals surface area contributed by atoms with Gasteiger partial charge in [0.05, 0.1) is 20.9 Å². The van der Waals surface area contributed by atoms with Gasteiger partial charge in [-0.15, -0.1) is 11.8 Å². The molecule has 3 rings (SSSR count). The first-order chi connectivity index (χ1) is 11.5. The number of amides is 1. The van der Waals surface area contributed by atoms with Crippen molar-refractivity contribution >= 4 is 40.1 Å². The standard InChI is InChI=1S/C15H12N4O4S/c1-24-13-5-2-8(6-12(13)19(22)23)14(20)16-9-3-4-10-11(7-9)18-15(21)17-10/h2-7H,1H3,(H,16,20)(H2,17,18,21). The van der Waals surface area contributed by atoms with Crippen LogP contribution >= 0.6 is 11.8 Å². The molecule has 24 heavy (non-hydrogen) atoms. The van der Waals surface area contributed by atoms with Crippen molar-refractivity contribution < 1.29 is 9.72 Å². The van der Waals surface area contributed by atoms with Gasteiger partial charge in [-0.25, -0.2) is 4.79 Å². The quantitative estimate of drug-likeness (QED) is 0.382. The number of carbonyl (C=O) groups is 1. The number of H-pyrrole nitrogens is 2. The Kier molecular flexibility index (Phi) is 4.09. The Morgan fingerprint density at radius 3 is 2.62 bits per heavy atom. The summed E-state index contributed by atoms with van der Waals surface area (Å²) in [5.41, 5.74) is 1.39. The number of nitro groups is 1. The van der Waals surface area contributed by atoms with E-state index in [1.165, 1.54) is 23.9 Å². The number of aromatic amines is 2. The molecule has 0 aliphatic carbocycles. The second-order valence-electron chi connectivity index (χ2n) is 4.94. The Balaban J connectivity index is 1.89.